The number of carbonyl (C=O) groups is 1. The predicted octanol–water partition coefficient (Wildman–Crippen LogP) is 3.23. The molecule has 0 spiro atoms. The van der Waals surface area contributed by atoms with E-state index in [-0.39, 0.29) is 23.6 Å². The molecule has 19 heavy (non-hydrogen) atoms. The maximum Gasteiger partial charge on any atom is 0.309 e. The Morgan fingerprint density at radius 1 is 1.53 bits per heavy atom. The molecule has 1 heterocycles. The first-order chi connectivity index (χ1) is 9.07. The molecule has 2 aliphatic carbocycles. The molecule has 4 atom stereocenters. The molecule has 1 saturated carbocycles. The molecule has 2 fully saturated rings. The first-order valence-corrected chi connectivity index (χ1v) is 7.61. The van der Waals surface area contributed by atoms with Gasteiger partial charge in [-0.15, -0.1) is 0 Å². The van der Waals surface area contributed by atoms with E-state index in [0.29, 0.717) is 12.5 Å². The van der Waals surface area contributed by atoms with Gasteiger partial charge in [0.1, 0.15) is 12.7 Å². The van der Waals surface area contributed by atoms with Gasteiger partial charge in [0.15, 0.2) is 0 Å². The third-order valence-corrected chi connectivity index (χ3v) is 4.94. The van der Waals surface area contributed by atoms with E-state index in [1.165, 1.54) is 12.0 Å². The van der Waals surface area contributed by atoms with Crippen molar-refractivity contribution < 1.29 is 14.3 Å². The summed E-state index contributed by atoms with van der Waals surface area (Å²) in [7, 11) is 0. The van der Waals surface area contributed by atoms with Gasteiger partial charge in [-0.1, -0.05) is 25.8 Å². The van der Waals surface area contributed by atoms with Crippen LogP contribution in [0.25, 0.3) is 0 Å². The van der Waals surface area contributed by atoms with Gasteiger partial charge in [-0.2, -0.15) is 0 Å². The Hall–Kier alpha value is -0.830. The molecule has 3 nitrogen and oxygen atoms in total. The van der Waals surface area contributed by atoms with Gasteiger partial charge >= 0.3 is 5.97 Å². The Kier molecular flexibility index (Phi) is 3.42. The number of epoxide rings is 1. The normalized spacial score (nSPS) is 41.2. The zero-order chi connectivity index (χ0) is 13.5. The quantitative estimate of drug-likeness (QED) is 0.446. The largest absolute Gasteiger partial charge is 0.461 e. The molecular weight excluding hydrogens is 240 g/mol. The average Bonchev–Trinajstić information content (AvgIpc) is 3.06. The summed E-state index contributed by atoms with van der Waals surface area (Å²) in [6.45, 7) is 4.86. The van der Waals surface area contributed by atoms with Crippen molar-refractivity contribution in [1.29, 1.82) is 0 Å². The first kappa shape index (κ1) is 13.2. The lowest BCUT2D eigenvalue weighted by molar-refractivity contribution is -0.149. The third kappa shape index (κ3) is 2.86. The van der Waals surface area contributed by atoms with Gasteiger partial charge in [-0.05, 0) is 44.1 Å². The highest BCUT2D eigenvalue weighted by molar-refractivity contribution is 5.72. The fourth-order valence-electron chi connectivity index (χ4n) is 3.42. The molecule has 0 amide bonds. The van der Waals surface area contributed by atoms with Crippen LogP contribution >= 0.6 is 0 Å². The second kappa shape index (κ2) is 4.93. The third-order valence-electron chi connectivity index (χ3n) is 4.94. The Morgan fingerprint density at radius 2 is 2.37 bits per heavy atom. The summed E-state index contributed by atoms with van der Waals surface area (Å²) in [5, 5.41) is 0. The monoisotopic (exact) mass is 264 g/mol. The highest BCUT2D eigenvalue weighted by Gasteiger charge is 2.52. The summed E-state index contributed by atoms with van der Waals surface area (Å²) >= 11 is 0. The van der Waals surface area contributed by atoms with Crippen LogP contribution in [0.3, 0.4) is 0 Å². The molecule has 0 N–H and O–H groups in total. The van der Waals surface area contributed by atoms with Gasteiger partial charge in [0.25, 0.3) is 0 Å². The molecule has 3 rings (SSSR count). The van der Waals surface area contributed by atoms with Gasteiger partial charge in [0, 0.05) is 0 Å². The van der Waals surface area contributed by atoms with Crippen molar-refractivity contribution in [3.05, 3.63) is 11.6 Å². The minimum absolute atomic E-state index is 0.0116. The Bertz CT molecular complexity index is 401. The summed E-state index contributed by atoms with van der Waals surface area (Å²) in [5.41, 5.74) is 1.32. The molecule has 0 bridgehead atoms. The van der Waals surface area contributed by atoms with Crippen molar-refractivity contribution in [3.63, 3.8) is 0 Å². The summed E-state index contributed by atoms with van der Waals surface area (Å²) in [6.07, 6.45) is 8.91. The van der Waals surface area contributed by atoms with Crippen LogP contribution < -0.4 is 0 Å². The molecule has 0 aromatic heterocycles. The van der Waals surface area contributed by atoms with E-state index in [2.05, 4.69) is 19.9 Å². The van der Waals surface area contributed by atoms with E-state index in [4.69, 9.17) is 9.47 Å². The van der Waals surface area contributed by atoms with Gasteiger partial charge in [-0.3, -0.25) is 4.79 Å². The smallest absolute Gasteiger partial charge is 0.309 e. The van der Waals surface area contributed by atoms with Gasteiger partial charge in [0.05, 0.1) is 11.5 Å². The maximum absolute atomic E-state index is 12.1. The highest BCUT2D eigenvalue weighted by atomic mass is 16.6. The first-order valence-electron chi connectivity index (χ1n) is 7.61. The van der Waals surface area contributed by atoms with E-state index < -0.39 is 0 Å². The van der Waals surface area contributed by atoms with Crippen LogP contribution in [0.2, 0.25) is 0 Å². The fourth-order valence-corrected chi connectivity index (χ4v) is 3.42. The van der Waals surface area contributed by atoms with Crippen LogP contribution in [-0.4, -0.2) is 24.3 Å². The fraction of sp³-hybridized carbons (Fsp3) is 0.812. The summed E-state index contributed by atoms with van der Waals surface area (Å²) in [4.78, 5) is 12.1. The summed E-state index contributed by atoms with van der Waals surface area (Å²) in [5.74, 6) is 0.814. The zero-order valence-corrected chi connectivity index (χ0v) is 12.0. The second-order valence-corrected chi connectivity index (χ2v) is 6.75. The van der Waals surface area contributed by atoms with Crippen LogP contribution in [0.4, 0.5) is 0 Å². The molecule has 1 aliphatic heterocycles. The van der Waals surface area contributed by atoms with Crippen molar-refractivity contribution in [2.75, 3.05) is 6.61 Å². The van der Waals surface area contributed by atoms with Crippen molar-refractivity contribution in [2.45, 2.75) is 64.1 Å². The van der Waals surface area contributed by atoms with E-state index in [1.54, 1.807) is 0 Å². The van der Waals surface area contributed by atoms with Gasteiger partial charge < -0.3 is 9.47 Å². The van der Waals surface area contributed by atoms with Crippen LogP contribution in [0.15, 0.2) is 11.6 Å². The van der Waals surface area contributed by atoms with E-state index in [9.17, 15) is 4.79 Å². The van der Waals surface area contributed by atoms with E-state index >= 15 is 0 Å². The van der Waals surface area contributed by atoms with Crippen molar-refractivity contribution >= 4 is 5.97 Å². The van der Waals surface area contributed by atoms with Crippen LogP contribution in [0, 0.1) is 11.8 Å². The van der Waals surface area contributed by atoms with Gasteiger partial charge in [0.2, 0.25) is 0 Å². The number of esters is 1. The number of fused-ring (bicyclic) bond motifs is 1. The van der Waals surface area contributed by atoms with E-state index in [0.717, 1.165) is 32.1 Å². The molecule has 0 aromatic carbocycles. The molecule has 106 valence electrons. The predicted molar refractivity (Wildman–Crippen MR) is 72.7 cm³/mol. The standard InChI is InChI=1S/C16H24O3/c1-11-4-3-5-13(8-11)15(17)18-10-12-6-7-16(2)14(9-12)19-16/h9,11,13-14H,3-8,10H2,1-2H3. The molecule has 3 heteroatoms. The number of hydrogen-bond donors (Lipinski definition) is 0. The lowest BCUT2D eigenvalue weighted by Crippen LogP contribution is -2.25. The SMILES string of the molecule is CC1CCCC(C(=O)OCC2=CC3OC3(C)CC2)C1. The minimum atomic E-state index is 0.0116. The van der Waals surface area contributed by atoms with Crippen LogP contribution in [0.1, 0.15) is 52.4 Å². The summed E-state index contributed by atoms with van der Waals surface area (Å²) < 4.78 is 11.1. The minimum Gasteiger partial charge on any atom is -0.461 e. The molecule has 3 aliphatic rings. The lowest BCUT2D eigenvalue weighted by Gasteiger charge is -2.25. The molecular formula is C16H24O3. The Morgan fingerprint density at radius 3 is 3.11 bits per heavy atom. The molecule has 4 unspecified atom stereocenters. The molecule has 0 radical (unpaired) electrons. The number of rotatable bonds is 3. The van der Waals surface area contributed by atoms with Crippen molar-refractivity contribution in [1.82, 2.24) is 0 Å². The number of hydrogen-bond acceptors (Lipinski definition) is 3. The lowest BCUT2D eigenvalue weighted by atomic mass is 9.82. The van der Waals surface area contributed by atoms with Crippen molar-refractivity contribution in [2.24, 2.45) is 11.8 Å². The summed E-state index contributed by atoms with van der Waals surface area (Å²) in [6, 6.07) is 0. The number of carbonyl (C=O) groups excluding carboxylic acids is 1. The topological polar surface area (TPSA) is 38.8 Å². The van der Waals surface area contributed by atoms with Crippen LogP contribution in [-0.2, 0) is 14.3 Å². The van der Waals surface area contributed by atoms with Crippen LogP contribution in [0.5, 0.6) is 0 Å². The molecule has 0 aromatic rings. The average molecular weight is 264 g/mol. The van der Waals surface area contributed by atoms with E-state index in [1.807, 2.05) is 0 Å². The van der Waals surface area contributed by atoms with Gasteiger partial charge in [-0.25, -0.2) is 0 Å². The highest BCUT2D eigenvalue weighted by Crippen LogP contribution is 2.45. The van der Waals surface area contributed by atoms with Crippen molar-refractivity contribution in [3.8, 4) is 0 Å². The zero-order valence-electron chi connectivity index (χ0n) is 12.0. The maximum atomic E-state index is 12.1. The Balaban J connectivity index is 1.47. The Labute approximate surface area is 115 Å². The second-order valence-electron chi connectivity index (χ2n) is 6.75. The molecule has 1 saturated heterocycles. The number of ether oxygens (including phenoxy) is 2.